The molecule has 0 aromatic heterocycles. The Morgan fingerprint density at radius 2 is 1.04 bits per heavy atom. The third-order valence-corrected chi connectivity index (χ3v) is 3.51. The quantitative estimate of drug-likeness (QED) is 0.602. The van der Waals surface area contributed by atoms with Crippen molar-refractivity contribution >= 4 is 0 Å². The molecule has 0 amide bonds. The summed E-state index contributed by atoms with van der Waals surface area (Å²) in [5.74, 6) is -3.88. The van der Waals surface area contributed by atoms with E-state index in [0.29, 0.717) is 0 Å². The lowest BCUT2D eigenvalue weighted by Gasteiger charge is -2.39. The van der Waals surface area contributed by atoms with Gasteiger partial charge in [0.2, 0.25) is 11.7 Å². The first kappa shape index (κ1) is 17.3. The number of hydrogen-bond donors (Lipinski definition) is 0. The summed E-state index contributed by atoms with van der Waals surface area (Å²) in [7, 11) is 0. The number of allylic oxidation sites excluding steroid dienone is 4. The first-order chi connectivity index (χ1) is 10.8. The molecule has 2 atom stereocenters. The second-order valence-electron chi connectivity index (χ2n) is 5.01. The second kappa shape index (κ2) is 6.62. The van der Waals surface area contributed by atoms with Crippen LogP contribution in [0.15, 0.2) is 72.4 Å². The van der Waals surface area contributed by atoms with Gasteiger partial charge in [0.05, 0.1) is 0 Å². The van der Waals surface area contributed by atoms with Gasteiger partial charge in [-0.1, -0.05) is 36.5 Å². The van der Waals surface area contributed by atoms with Gasteiger partial charge in [0.25, 0.3) is 0 Å². The predicted molar refractivity (Wildman–Crippen MR) is 73.0 cm³/mol. The molecule has 0 saturated carbocycles. The zero-order chi connectivity index (χ0) is 17.1. The molecule has 2 rings (SSSR count). The average molecular weight is 334 g/mol. The van der Waals surface area contributed by atoms with Crippen molar-refractivity contribution in [3.8, 4) is 0 Å². The van der Waals surface area contributed by atoms with Gasteiger partial charge < -0.3 is 4.74 Å². The van der Waals surface area contributed by atoms with Gasteiger partial charge in [-0.2, -0.15) is 17.6 Å². The van der Waals surface area contributed by atoms with E-state index in [0.717, 1.165) is 12.2 Å². The zero-order valence-electron chi connectivity index (χ0n) is 11.7. The molecule has 0 bridgehead atoms. The highest BCUT2D eigenvalue weighted by Crippen LogP contribution is 2.44. The summed E-state index contributed by atoms with van der Waals surface area (Å²) in [6.45, 7) is 0. The van der Waals surface area contributed by atoms with Crippen LogP contribution in [0.1, 0.15) is 12.8 Å². The van der Waals surface area contributed by atoms with Crippen LogP contribution >= 0.6 is 0 Å². The van der Waals surface area contributed by atoms with E-state index in [9.17, 15) is 26.3 Å². The highest BCUT2D eigenvalue weighted by atomic mass is 19.3. The van der Waals surface area contributed by atoms with Crippen LogP contribution < -0.4 is 0 Å². The molecule has 0 aromatic rings. The maximum absolute atomic E-state index is 14.0. The average Bonchev–Trinajstić information content (AvgIpc) is 2.54. The van der Waals surface area contributed by atoms with Crippen molar-refractivity contribution in [2.45, 2.75) is 24.0 Å². The van der Waals surface area contributed by atoms with E-state index < -0.39 is 35.0 Å². The summed E-state index contributed by atoms with van der Waals surface area (Å²) < 4.78 is 84.4. The van der Waals surface area contributed by atoms with E-state index in [2.05, 4.69) is 0 Å². The van der Waals surface area contributed by atoms with Crippen molar-refractivity contribution in [3.05, 3.63) is 72.4 Å². The van der Waals surface area contributed by atoms with E-state index in [1.54, 1.807) is 0 Å². The summed E-state index contributed by atoms with van der Waals surface area (Å²) in [5.41, 5.74) is -4.70. The molecule has 0 aliphatic heterocycles. The van der Waals surface area contributed by atoms with Crippen LogP contribution in [0.5, 0.6) is 0 Å². The minimum atomic E-state index is -2.65. The van der Waals surface area contributed by atoms with Crippen LogP contribution in [0.3, 0.4) is 0 Å². The lowest BCUT2D eigenvalue weighted by Crippen LogP contribution is -2.44. The molecular weight excluding hydrogens is 322 g/mol. The lowest BCUT2D eigenvalue weighted by molar-refractivity contribution is -0.0908. The fraction of sp³-hybridized carbons (Fsp3) is 0.250. The van der Waals surface area contributed by atoms with E-state index >= 15 is 0 Å². The molecule has 2 aliphatic rings. The molecule has 7 heteroatoms. The zero-order valence-corrected chi connectivity index (χ0v) is 11.7. The Kier molecular flexibility index (Phi) is 4.99. The topological polar surface area (TPSA) is 9.23 Å². The minimum absolute atomic E-state index is 0.382. The van der Waals surface area contributed by atoms with Gasteiger partial charge in [0, 0.05) is 12.8 Å². The summed E-state index contributed by atoms with van der Waals surface area (Å²) in [6, 6.07) is 0. The molecule has 0 spiro atoms. The van der Waals surface area contributed by atoms with Crippen LogP contribution in [0.2, 0.25) is 0 Å². The maximum atomic E-state index is 14.0. The highest BCUT2D eigenvalue weighted by Gasteiger charge is 2.48. The molecule has 0 fully saturated rings. The Labute approximate surface area is 128 Å². The monoisotopic (exact) mass is 334 g/mol. The molecule has 2 aliphatic carbocycles. The van der Waals surface area contributed by atoms with Crippen LogP contribution in [0.4, 0.5) is 26.3 Å². The molecular formula is C16H12F6O. The fourth-order valence-electron chi connectivity index (χ4n) is 2.41. The van der Waals surface area contributed by atoms with Crippen molar-refractivity contribution in [1.82, 2.24) is 0 Å². The number of ether oxygens (including phenoxy) is 1. The molecule has 0 saturated heterocycles. The van der Waals surface area contributed by atoms with Gasteiger partial charge in [-0.25, -0.2) is 8.78 Å². The Morgan fingerprint density at radius 1 is 0.652 bits per heavy atom. The largest absolute Gasteiger partial charge is 0.345 e. The van der Waals surface area contributed by atoms with E-state index in [-0.39, 0.29) is 12.8 Å². The van der Waals surface area contributed by atoms with Gasteiger partial charge in [0.15, 0.2) is 0 Å². The molecule has 1 nitrogen and oxygen atoms in total. The molecule has 0 aromatic carbocycles. The fourth-order valence-corrected chi connectivity index (χ4v) is 2.41. The van der Waals surface area contributed by atoms with Gasteiger partial charge in [-0.05, 0) is 12.2 Å². The summed E-state index contributed by atoms with van der Waals surface area (Å²) in [6.07, 6.45) is 3.87. The Bertz CT molecular complexity index is 593. The van der Waals surface area contributed by atoms with Crippen LogP contribution in [0, 0.1) is 0 Å². The van der Waals surface area contributed by atoms with E-state index in [4.69, 9.17) is 4.74 Å². The van der Waals surface area contributed by atoms with Crippen LogP contribution in [0.25, 0.3) is 0 Å². The highest BCUT2D eigenvalue weighted by molar-refractivity contribution is 5.35. The number of rotatable bonds is 4. The van der Waals surface area contributed by atoms with Crippen molar-refractivity contribution in [2.24, 2.45) is 0 Å². The molecule has 0 heterocycles. The SMILES string of the molecule is FC(F)=C(F)C1(OC2(C(F)=C(F)F)C=CC=CC2)C=CC=CC1. The van der Waals surface area contributed by atoms with Gasteiger partial charge in [0.1, 0.15) is 11.2 Å². The predicted octanol–water partition coefficient (Wildman–Crippen LogP) is 5.67. The van der Waals surface area contributed by atoms with Crippen LogP contribution in [-0.4, -0.2) is 11.2 Å². The third kappa shape index (κ3) is 3.34. The number of halogens is 6. The van der Waals surface area contributed by atoms with E-state index in [1.165, 1.54) is 36.5 Å². The van der Waals surface area contributed by atoms with Crippen molar-refractivity contribution in [2.75, 3.05) is 0 Å². The third-order valence-electron chi connectivity index (χ3n) is 3.51. The van der Waals surface area contributed by atoms with Gasteiger partial charge >= 0.3 is 12.2 Å². The molecule has 23 heavy (non-hydrogen) atoms. The second-order valence-corrected chi connectivity index (χ2v) is 5.01. The molecule has 2 unspecified atom stereocenters. The van der Waals surface area contributed by atoms with Crippen molar-refractivity contribution in [3.63, 3.8) is 0 Å². The standard InChI is InChI=1S/C16H12F6O/c17-11(13(19)20)15(7-3-1-4-8-15)23-16(12(18)14(21)22)9-5-2-6-10-16/h1-7,9H,8,10H2. The van der Waals surface area contributed by atoms with Gasteiger partial charge in [-0.3, -0.25) is 0 Å². The lowest BCUT2D eigenvalue weighted by atomic mass is 9.88. The van der Waals surface area contributed by atoms with Crippen molar-refractivity contribution in [1.29, 1.82) is 0 Å². The molecule has 0 radical (unpaired) electrons. The summed E-state index contributed by atoms with van der Waals surface area (Å²) in [5, 5.41) is 0. The first-order valence-electron chi connectivity index (χ1n) is 6.64. The Balaban J connectivity index is 2.53. The van der Waals surface area contributed by atoms with Gasteiger partial charge in [-0.15, -0.1) is 0 Å². The normalized spacial score (nSPS) is 28.8. The summed E-state index contributed by atoms with van der Waals surface area (Å²) >= 11 is 0. The van der Waals surface area contributed by atoms with E-state index in [1.807, 2.05) is 0 Å². The first-order valence-corrected chi connectivity index (χ1v) is 6.64. The van der Waals surface area contributed by atoms with Crippen LogP contribution in [-0.2, 0) is 4.74 Å². The Morgan fingerprint density at radius 3 is 1.30 bits per heavy atom. The maximum Gasteiger partial charge on any atom is 0.304 e. The van der Waals surface area contributed by atoms with Crippen molar-refractivity contribution < 1.29 is 31.1 Å². The molecule has 124 valence electrons. The summed E-state index contributed by atoms with van der Waals surface area (Å²) in [4.78, 5) is 0. The number of hydrogen-bond acceptors (Lipinski definition) is 1. The minimum Gasteiger partial charge on any atom is -0.345 e. The smallest absolute Gasteiger partial charge is 0.304 e. The Hall–Kier alpha value is -2.02. The molecule has 0 N–H and O–H groups in total.